The number of hydrogen-bond acceptors (Lipinski definition) is 3. The van der Waals surface area contributed by atoms with Crippen molar-refractivity contribution in [2.75, 3.05) is 5.32 Å². The lowest BCUT2D eigenvalue weighted by molar-refractivity contribution is -0.111. The molecule has 0 radical (unpaired) electrons. The van der Waals surface area contributed by atoms with E-state index >= 15 is 0 Å². The van der Waals surface area contributed by atoms with Crippen LogP contribution >= 0.6 is 0 Å². The Kier molecular flexibility index (Phi) is 5.11. The molecule has 3 amide bonds. The zero-order valence-electron chi connectivity index (χ0n) is 13.1. The van der Waals surface area contributed by atoms with Crippen molar-refractivity contribution in [3.8, 4) is 0 Å². The van der Waals surface area contributed by atoms with Crippen LogP contribution in [0.15, 0.2) is 48.5 Å². The minimum absolute atomic E-state index is 0.319. The fourth-order valence-electron chi connectivity index (χ4n) is 2.13. The molecule has 2 aromatic rings. The molecule has 5 N–H and O–H groups in total. The Morgan fingerprint density at radius 2 is 1.62 bits per heavy atom. The molecule has 0 aliphatic carbocycles. The summed E-state index contributed by atoms with van der Waals surface area (Å²) in [5, 5.41) is 2.70. The summed E-state index contributed by atoms with van der Waals surface area (Å²) in [6, 6.07) is 11.4. The number of nitrogens with one attached hydrogen (secondary N) is 1. The zero-order chi connectivity index (χ0) is 17.7. The largest absolute Gasteiger partial charge is 0.366 e. The molecule has 0 fully saturated rings. The highest BCUT2D eigenvalue weighted by atomic mass is 16.2. The summed E-state index contributed by atoms with van der Waals surface area (Å²) in [7, 11) is 0. The van der Waals surface area contributed by atoms with Gasteiger partial charge < -0.3 is 16.8 Å². The van der Waals surface area contributed by atoms with Crippen LogP contribution < -0.4 is 16.8 Å². The van der Waals surface area contributed by atoms with Crippen molar-refractivity contribution in [1.29, 1.82) is 0 Å². The van der Waals surface area contributed by atoms with Crippen LogP contribution in [-0.4, -0.2) is 17.7 Å². The Labute approximate surface area is 139 Å². The lowest BCUT2D eigenvalue weighted by atomic mass is 10.1. The number of hydrogen-bond donors (Lipinski definition) is 3. The van der Waals surface area contributed by atoms with Crippen molar-refractivity contribution in [3.63, 3.8) is 0 Å². The third-order valence-electron chi connectivity index (χ3n) is 3.38. The topological polar surface area (TPSA) is 115 Å². The highest BCUT2D eigenvalue weighted by molar-refractivity contribution is 6.02. The summed E-state index contributed by atoms with van der Waals surface area (Å²) >= 11 is 0. The number of rotatable bonds is 5. The lowest BCUT2D eigenvalue weighted by Crippen LogP contribution is -2.13. The normalized spacial score (nSPS) is 10.5. The predicted molar refractivity (Wildman–Crippen MR) is 92.3 cm³/mol. The van der Waals surface area contributed by atoms with Gasteiger partial charge in [0.25, 0.3) is 0 Å². The molecule has 6 heteroatoms. The summed E-state index contributed by atoms with van der Waals surface area (Å²) in [6.07, 6.45) is 2.99. The first-order valence-electron chi connectivity index (χ1n) is 7.16. The molecule has 24 heavy (non-hydrogen) atoms. The maximum Gasteiger partial charge on any atom is 0.248 e. The SMILES string of the molecule is Cc1cc(NC(=O)/C=C/c2ccc(C(N)=O)cc2)ccc1C(N)=O. The van der Waals surface area contributed by atoms with Crippen LogP contribution in [-0.2, 0) is 4.79 Å². The minimum Gasteiger partial charge on any atom is -0.366 e. The van der Waals surface area contributed by atoms with Crippen molar-refractivity contribution in [3.05, 3.63) is 70.8 Å². The smallest absolute Gasteiger partial charge is 0.248 e. The Morgan fingerprint density at radius 1 is 0.958 bits per heavy atom. The van der Waals surface area contributed by atoms with Gasteiger partial charge in [-0.2, -0.15) is 0 Å². The van der Waals surface area contributed by atoms with E-state index in [1.54, 1.807) is 55.5 Å². The van der Waals surface area contributed by atoms with E-state index in [4.69, 9.17) is 11.5 Å². The molecule has 0 atom stereocenters. The van der Waals surface area contributed by atoms with Gasteiger partial charge in [-0.25, -0.2) is 0 Å². The molecule has 0 spiro atoms. The van der Waals surface area contributed by atoms with Crippen LogP contribution in [0.5, 0.6) is 0 Å². The van der Waals surface area contributed by atoms with E-state index in [0.29, 0.717) is 22.4 Å². The van der Waals surface area contributed by atoms with Gasteiger partial charge in [-0.15, -0.1) is 0 Å². The molecule has 0 unspecified atom stereocenters. The lowest BCUT2D eigenvalue weighted by Gasteiger charge is -2.06. The third-order valence-corrected chi connectivity index (χ3v) is 3.38. The van der Waals surface area contributed by atoms with Crippen molar-refractivity contribution in [2.24, 2.45) is 11.5 Å². The van der Waals surface area contributed by atoms with E-state index in [9.17, 15) is 14.4 Å². The quantitative estimate of drug-likeness (QED) is 0.729. The van der Waals surface area contributed by atoms with Gasteiger partial charge in [-0.1, -0.05) is 12.1 Å². The van der Waals surface area contributed by atoms with Crippen LogP contribution in [0.2, 0.25) is 0 Å². The first kappa shape index (κ1) is 17.0. The molecule has 0 aromatic heterocycles. The Bertz CT molecular complexity index is 824. The molecule has 2 rings (SSSR count). The van der Waals surface area contributed by atoms with Crippen LogP contribution in [0.3, 0.4) is 0 Å². The van der Waals surface area contributed by atoms with E-state index in [-0.39, 0.29) is 5.91 Å². The molecular weight excluding hydrogens is 306 g/mol. The van der Waals surface area contributed by atoms with Gasteiger partial charge >= 0.3 is 0 Å². The predicted octanol–water partition coefficient (Wildman–Crippen LogP) is 1.84. The fraction of sp³-hybridized carbons (Fsp3) is 0.0556. The number of aryl methyl sites for hydroxylation is 1. The average Bonchev–Trinajstić information content (AvgIpc) is 2.53. The first-order valence-corrected chi connectivity index (χ1v) is 7.16. The van der Waals surface area contributed by atoms with Crippen LogP contribution in [0, 0.1) is 6.92 Å². The number of benzene rings is 2. The van der Waals surface area contributed by atoms with Gasteiger partial charge in [-0.05, 0) is 54.5 Å². The standard InChI is InChI=1S/C18H17N3O3/c1-11-10-14(7-8-15(11)18(20)24)21-16(22)9-4-12-2-5-13(6-3-12)17(19)23/h2-10H,1H3,(H2,19,23)(H2,20,24)(H,21,22)/b9-4+. The molecule has 0 aliphatic rings. The maximum absolute atomic E-state index is 11.9. The van der Waals surface area contributed by atoms with E-state index in [1.807, 2.05) is 0 Å². The second-order valence-electron chi connectivity index (χ2n) is 5.20. The molecule has 0 saturated carbocycles. The van der Waals surface area contributed by atoms with Gasteiger partial charge in [0.05, 0.1) is 0 Å². The van der Waals surface area contributed by atoms with Crippen LogP contribution in [0.4, 0.5) is 5.69 Å². The highest BCUT2D eigenvalue weighted by Crippen LogP contribution is 2.15. The first-order chi connectivity index (χ1) is 11.4. The molecule has 0 bridgehead atoms. The second kappa shape index (κ2) is 7.23. The van der Waals surface area contributed by atoms with Crippen LogP contribution in [0.1, 0.15) is 31.8 Å². The number of nitrogens with two attached hydrogens (primary N) is 2. The van der Waals surface area contributed by atoms with Crippen molar-refractivity contribution in [2.45, 2.75) is 6.92 Å². The highest BCUT2D eigenvalue weighted by Gasteiger charge is 2.06. The summed E-state index contributed by atoms with van der Waals surface area (Å²) < 4.78 is 0. The third kappa shape index (κ3) is 4.30. The summed E-state index contributed by atoms with van der Waals surface area (Å²) in [5.74, 6) is -1.33. The number of primary amides is 2. The average molecular weight is 323 g/mol. The molecule has 0 saturated heterocycles. The molecular formula is C18H17N3O3. The van der Waals surface area contributed by atoms with E-state index in [1.165, 1.54) is 6.08 Å². The number of carbonyl (C=O) groups is 3. The zero-order valence-corrected chi connectivity index (χ0v) is 13.1. The summed E-state index contributed by atoms with van der Waals surface area (Å²) in [6.45, 7) is 1.74. The fourth-order valence-corrected chi connectivity index (χ4v) is 2.13. The van der Waals surface area contributed by atoms with Gasteiger partial charge in [0.15, 0.2) is 0 Å². The molecule has 6 nitrogen and oxygen atoms in total. The van der Waals surface area contributed by atoms with Crippen molar-refractivity contribution < 1.29 is 14.4 Å². The Morgan fingerprint density at radius 3 is 2.17 bits per heavy atom. The van der Waals surface area contributed by atoms with E-state index in [2.05, 4.69) is 5.32 Å². The van der Waals surface area contributed by atoms with Gasteiger partial charge in [0.2, 0.25) is 17.7 Å². The maximum atomic E-state index is 11.9. The van der Waals surface area contributed by atoms with E-state index in [0.717, 1.165) is 5.56 Å². The Balaban J connectivity index is 2.03. The van der Waals surface area contributed by atoms with Gasteiger partial charge in [-0.3, -0.25) is 14.4 Å². The van der Waals surface area contributed by atoms with Crippen LogP contribution in [0.25, 0.3) is 6.08 Å². The summed E-state index contributed by atoms with van der Waals surface area (Å²) in [4.78, 5) is 34.1. The number of anilines is 1. The van der Waals surface area contributed by atoms with Crippen molar-refractivity contribution >= 4 is 29.5 Å². The van der Waals surface area contributed by atoms with Gasteiger partial charge in [0, 0.05) is 22.9 Å². The van der Waals surface area contributed by atoms with Gasteiger partial charge in [0.1, 0.15) is 0 Å². The monoisotopic (exact) mass is 323 g/mol. The molecule has 0 aliphatic heterocycles. The summed E-state index contributed by atoms with van der Waals surface area (Å²) in [5.41, 5.74) is 13.2. The second-order valence-corrected chi connectivity index (χ2v) is 5.20. The molecule has 0 heterocycles. The Hall–Kier alpha value is -3.41. The van der Waals surface area contributed by atoms with Crippen molar-refractivity contribution in [1.82, 2.24) is 0 Å². The number of carbonyl (C=O) groups excluding carboxylic acids is 3. The van der Waals surface area contributed by atoms with E-state index < -0.39 is 11.8 Å². The number of amides is 3. The minimum atomic E-state index is -0.510. The molecule has 2 aromatic carbocycles. The molecule has 122 valence electrons.